The molecule has 0 saturated carbocycles. The number of pyridine rings is 2. The first kappa shape index (κ1) is 18.4. The molecule has 140 valence electrons. The van der Waals surface area contributed by atoms with Gasteiger partial charge in [0.1, 0.15) is 11.6 Å². The molecule has 0 aromatic carbocycles. The molecule has 2 aromatic heterocycles. The number of carbonyl (C=O) groups is 1. The first-order valence-corrected chi connectivity index (χ1v) is 8.48. The summed E-state index contributed by atoms with van der Waals surface area (Å²) in [6.07, 6.45) is 3.68. The molecule has 1 aliphatic heterocycles. The predicted molar refractivity (Wildman–Crippen MR) is 97.1 cm³/mol. The number of nitriles is 1. The summed E-state index contributed by atoms with van der Waals surface area (Å²) in [5, 5.41) is 11.9. The molecule has 1 saturated heterocycles. The van der Waals surface area contributed by atoms with Crippen LogP contribution in [-0.2, 0) is 0 Å². The Balaban J connectivity index is 1.65. The fourth-order valence-corrected chi connectivity index (χ4v) is 2.91. The largest absolute Gasteiger partial charge is 0.480 e. The lowest BCUT2D eigenvalue weighted by Crippen LogP contribution is -2.38. The van der Waals surface area contributed by atoms with Crippen LogP contribution in [-0.4, -0.2) is 54.2 Å². The standard InChI is InChI=1S/C18H19FN6O2/c1-27-17-13(11-20)10-14(12-22-17)23-18(26)25-7-3-6-24(8-9-25)16-15(19)4-2-5-21-16/h2,4-5,10,12H,3,6-9H2,1H3,(H,23,26). The molecule has 8 nitrogen and oxygen atoms in total. The molecule has 2 amide bonds. The van der Waals surface area contributed by atoms with E-state index in [2.05, 4.69) is 15.3 Å². The van der Waals surface area contributed by atoms with Crippen molar-refractivity contribution in [2.45, 2.75) is 6.42 Å². The highest BCUT2D eigenvalue weighted by Crippen LogP contribution is 2.20. The maximum Gasteiger partial charge on any atom is 0.321 e. The third-order valence-electron chi connectivity index (χ3n) is 4.24. The van der Waals surface area contributed by atoms with Crippen LogP contribution in [0.25, 0.3) is 0 Å². The van der Waals surface area contributed by atoms with E-state index in [1.54, 1.807) is 17.2 Å². The monoisotopic (exact) mass is 370 g/mol. The van der Waals surface area contributed by atoms with Gasteiger partial charge in [-0.25, -0.2) is 19.2 Å². The van der Waals surface area contributed by atoms with Gasteiger partial charge in [-0.1, -0.05) is 0 Å². The molecular formula is C18H19FN6O2. The molecule has 9 heteroatoms. The van der Waals surface area contributed by atoms with Gasteiger partial charge in [-0.2, -0.15) is 5.26 Å². The van der Waals surface area contributed by atoms with Crippen LogP contribution < -0.4 is 15.0 Å². The summed E-state index contributed by atoms with van der Waals surface area (Å²) >= 11 is 0. The lowest BCUT2D eigenvalue weighted by molar-refractivity contribution is 0.215. The van der Waals surface area contributed by atoms with E-state index in [9.17, 15) is 9.18 Å². The van der Waals surface area contributed by atoms with Crippen LogP contribution >= 0.6 is 0 Å². The summed E-state index contributed by atoms with van der Waals surface area (Å²) in [6.45, 7) is 2.05. The van der Waals surface area contributed by atoms with E-state index >= 15 is 0 Å². The molecule has 0 bridgehead atoms. The zero-order chi connectivity index (χ0) is 19.2. The van der Waals surface area contributed by atoms with Gasteiger partial charge in [-0.05, 0) is 24.6 Å². The minimum absolute atomic E-state index is 0.207. The van der Waals surface area contributed by atoms with Gasteiger partial charge in [-0.15, -0.1) is 0 Å². The van der Waals surface area contributed by atoms with E-state index in [4.69, 9.17) is 10.00 Å². The van der Waals surface area contributed by atoms with Gasteiger partial charge < -0.3 is 19.9 Å². The molecule has 3 heterocycles. The molecule has 0 radical (unpaired) electrons. The number of hydrogen-bond donors (Lipinski definition) is 1. The normalized spacial score (nSPS) is 14.3. The van der Waals surface area contributed by atoms with Crippen molar-refractivity contribution in [2.24, 2.45) is 0 Å². The number of hydrogen-bond acceptors (Lipinski definition) is 6. The van der Waals surface area contributed by atoms with Crippen molar-refractivity contribution in [1.82, 2.24) is 14.9 Å². The van der Waals surface area contributed by atoms with Crippen molar-refractivity contribution >= 4 is 17.5 Å². The third-order valence-corrected chi connectivity index (χ3v) is 4.24. The molecule has 27 heavy (non-hydrogen) atoms. The SMILES string of the molecule is COc1ncc(NC(=O)N2CCCN(c3ncccc3F)CC2)cc1C#N. The highest BCUT2D eigenvalue weighted by atomic mass is 19.1. The average Bonchev–Trinajstić information content (AvgIpc) is 2.94. The molecule has 0 atom stereocenters. The minimum Gasteiger partial charge on any atom is -0.480 e. The van der Waals surface area contributed by atoms with Gasteiger partial charge >= 0.3 is 6.03 Å². The Morgan fingerprint density at radius 1 is 1.33 bits per heavy atom. The Kier molecular flexibility index (Phi) is 5.66. The van der Waals surface area contributed by atoms with Crippen LogP contribution in [0.4, 0.5) is 20.7 Å². The van der Waals surface area contributed by atoms with Gasteiger partial charge in [0, 0.05) is 32.4 Å². The summed E-state index contributed by atoms with van der Waals surface area (Å²) in [7, 11) is 1.43. The van der Waals surface area contributed by atoms with Crippen LogP contribution in [0, 0.1) is 17.1 Å². The van der Waals surface area contributed by atoms with E-state index in [0.29, 0.717) is 44.1 Å². The molecule has 3 rings (SSSR count). The summed E-state index contributed by atoms with van der Waals surface area (Å²) < 4.78 is 18.9. The maximum absolute atomic E-state index is 13.9. The van der Waals surface area contributed by atoms with E-state index in [1.807, 2.05) is 11.0 Å². The summed E-state index contributed by atoms with van der Waals surface area (Å²) in [6, 6.07) is 6.12. The molecule has 1 fully saturated rings. The number of anilines is 2. The Morgan fingerprint density at radius 2 is 2.19 bits per heavy atom. The van der Waals surface area contributed by atoms with Crippen molar-refractivity contribution in [2.75, 3.05) is 43.5 Å². The number of nitrogens with one attached hydrogen (secondary N) is 1. The number of urea groups is 1. The zero-order valence-corrected chi connectivity index (χ0v) is 14.9. The maximum atomic E-state index is 13.9. The number of halogens is 1. The molecular weight excluding hydrogens is 351 g/mol. The van der Waals surface area contributed by atoms with Crippen molar-refractivity contribution < 1.29 is 13.9 Å². The number of nitrogens with zero attached hydrogens (tertiary/aromatic N) is 5. The lowest BCUT2D eigenvalue weighted by Gasteiger charge is -2.23. The van der Waals surface area contributed by atoms with E-state index < -0.39 is 0 Å². The minimum atomic E-state index is -0.372. The van der Waals surface area contributed by atoms with Crippen molar-refractivity contribution in [3.05, 3.63) is 42.0 Å². The highest BCUT2D eigenvalue weighted by molar-refractivity contribution is 5.89. The van der Waals surface area contributed by atoms with Crippen LogP contribution in [0.1, 0.15) is 12.0 Å². The number of aromatic nitrogens is 2. The van der Waals surface area contributed by atoms with Crippen molar-refractivity contribution in [3.63, 3.8) is 0 Å². The fourth-order valence-electron chi connectivity index (χ4n) is 2.91. The van der Waals surface area contributed by atoms with E-state index in [0.717, 1.165) is 0 Å². The fraction of sp³-hybridized carbons (Fsp3) is 0.333. The molecule has 1 N–H and O–H groups in total. The van der Waals surface area contributed by atoms with E-state index in [1.165, 1.54) is 25.4 Å². The highest BCUT2D eigenvalue weighted by Gasteiger charge is 2.22. The third kappa shape index (κ3) is 4.23. The summed E-state index contributed by atoms with van der Waals surface area (Å²) in [5.41, 5.74) is 0.650. The Morgan fingerprint density at radius 3 is 2.93 bits per heavy atom. The molecule has 1 aliphatic rings. The number of carbonyl (C=O) groups excluding carboxylic acids is 1. The van der Waals surface area contributed by atoms with Crippen LogP contribution in [0.2, 0.25) is 0 Å². The Bertz CT molecular complexity index is 869. The summed E-state index contributed by atoms with van der Waals surface area (Å²) in [5.74, 6) is 0.139. The van der Waals surface area contributed by atoms with Gasteiger partial charge in [-0.3, -0.25) is 0 Å². The number of rotatable bonds is 3. The molecule has 0 aliphatic carbocycles. The van der Waals surface area contributed by atoms with Gasteiger partial charge in [0.15, 0.2) is 11.6 Å². The Hall–Kier alpha value is -3.41. The van der Waals surface area contributed by atoms with E-state index in [-0.39, 0.29) is 23.3 Å². The van der Waals surface area contributed by atoms with Crippen LogP contribution in [0.3, 0.4) is 0 Å². The second-order valence-electron chi connectivity index (χ2n) is 5.96. The second kappa shape index (κ2) is 8.31. The zero-order valence-electron chi connectivity index (χ0n) is 14.9. The first-order valence-electron chi connectivity index (χ1n) is 8.48. The first-order chi connectivity index (χ1) is 13.1. The lowest BCUT2D eigenvalue weighted by atomic mass is 10.2. The number of methoxy groups -OCH3 is 1. The smallest absolute Gasteiger partial charge is 0.321 e. The van der Waals surface area contributed by atoms with Gasteiger partial charge in [0.25, 0.3) is 0 Å². The van der Waals surface area contributed by atoms with Crippen molar-refractivity contribution in [3.8, 4) is 11.9 Å². The van der Waals surface area contributed by atoms with Gasteiger partial charge in [0.2, 0.25) is 5.88 Å². The average molecular weight is 370 g/mol. The van der Waals surface area contributed by atoms with Crippen molar-refractivity contribution in [1.29, 1.82) is 5.26 Å². The molecule has 2 aromatic rings. The number of ether oxygens (including phenoxy) is 1. The Labute approximate surface area is 156 Å². The molecule has 0 unspecified atom stereocenters. The number of amides is 2. The second-order valence-corrected chi connectivity index (χ2v) is 5.96. The summed E-state index contributed by atoms with van der Waals surface area (Å²) in [4.78, 5) is 24.1. The van der Waals surface area contributed by atoms with Crippen LogP contribution in [0.15, 0.2) is 30.6 Å². The van der Waals surface area contributed by atoms with Gasteiger partial charge in [0.05, 0.1) is 19.0 Å². The quantitative estimate of drug-likeness (QED) is 0.890. The molecule has 0 spiro atoms. The van der Waals surface area contributed by atoms with Crippen LogP contribution in [0.5, 0.6) is 5.88 Å². The topological polar surface area (TPSA) is 94.4 Å². The predicted octanol–water partition coefficient (Wildman–Crippen LogP) is 2.24.